The summed E-state index contributed by atoms with van der Waals surface area (Å²) in [5.74, 6) is 10.9. The van der Waals surface area contributed by atoms with Crippen LogP contribution in [0.3, 0.4) is 0 Å². The predicted octanol–water partition coefficient (Wildman–Crippen LogP) is 6.99. The largest absolute Gasteiger partial charge is 0.490 e. The average Bonchev–Trinajstić information content (AvgIpc) is 1.64. The molecule has 698 valence electrons. The smallest absolute Gasteiger partial charge is 0.414 e. The van der Waals surface area contributed by atoms with Crippen molar-refractivity contribution in [3.8, 4) is 35.5 Å². The molecule has 0 spiro atoms. The van der Waals surface area contributed by atoms with Gasteiger partial charge >= 0.3 is 64.7 Å². The number of ether oxygens (including phenoxy) is 3. The highest BCUT2D eigenvalue weighted by Crippen LogP contribution is 2.66. The number of aromatic nitrogens is 6. The number of nitrogens with two attached hydrogens (primary N) is 1. The molecule has 44 nitrogen and oxygen atoms in total. The van der Waals surface area contributed by atoms with Crippen LogP contribution in [0.1, 0.15) is 113 Å². The summed E-state index contributed by atoms with van der Waals surface area (Å²) >= 11 is 0. The van der Waals surface area contributed by atoms with Gasteiger partial charge in [-0.15, -0.1) is 0 Å². The molecule has 128 heavy (non-hydrogen) atoms. The lowest BCUT2D eigenvalue weighted by molar-refractivity contribution is -0.385. The molecule has 2 unspecified atom stereocenters. The lowest BCUT2D eigenvalue weighted by Crippen LogP contribution is -2.48. The van der Waals surface area contributed by atoms with Crippen LogP contribution in [0.5, 0.6) is 0 Å². The van der Waals surface area contributed by atoms with Crippen molar-refractivity contribution in [3.05, 3.63) is 187 Å². The molecule has 3 aromatic carbocycles. The van der Waals surface area contributed by atoms with Crippen LogP contribution < -0.4 is 49.4 Å². The minimum atomic E-state index is -5.73. The Kier molecular flexibility index (Phi) is 35.8. The van der Waals surface area contributed by atoms with E-state index in [0.29, 0.717) is 18.6 Å². The number of carbonyl (C=O) groups excluding carboxylic acids is 2. The van der Waals surface area contributed by atoms with Gasteiger partial charge in [0.1, 0.15) is 54.4 Å². The summed E-state index contributed by atoms with van der Waals surface area (Å²) in [6.45, 7) is 19.4. The number of phosphoric acid groups is 3. The zero-order valence-electron chi connectivity index (χ0n) is 69.7. The van der Waals surface area contributed by atoms with E-state index in [1.807, 2.05) is 0 Å². The van der Waals surface area contributed by atoms with E-state index >= 15 is 0 Å². The summed E-state index contributed by atoms with van der Waals surface area (Å²) < 4.78 is 153. The van der Waals surface area contributed by atoms with Gasteiger partial charge in [0.25, 0.3) is 17.1 Å². The number of aliphatic hydroxyl groups is 3. The van der Waals surface area contributed by atoms with Crippen molar-refractivity contribution in [2.45, 2.75) is 184 Å². The van der Waals surface area contributed by atoms with Crippen LogP contribution >= 0.6 is 23.5 Å². The van der Waals surface area contributed by atoms with Crippen molar-refractivity contribution < 1.29 is 135 Å². The van der Waals surface area contributed by atoms with E-state index in [9.17, 15) is 114 Å². The number of aliphatic hydroxyl groups excluding tert-OH is 3. The third-order valence-electron chi connectivity index (χ3n) is 19.9. The second-order valence-electron chi connectivity index (χ2n) is 31.1. The van der Waals surface area contributed by atoms with Gasteiger partial charge in [0.15, 0.2) is 16.6 Å². The first-order chi connectivity index (χ1) is 59.3. The molecule has 3 aliphatic heterocycles. The molecular formula is C73H92F6N15O29P3Si2. The number of nitro benzene ring substituents is 3. The number of anilines is 3. The molecule has 14 N–H and O–H groups in total. The highest BCUT2D eigenvalue weighted by molar-refractivity contribution is 7.66. The van der Waals surface area contributed by atoms with Gasteiger partial charge in [-0.05, 0) is 90.9 Å². The monoisotopic (exact) mass is 1910 g/mol. The molecule has 6 heterocycles. The minimum Gasteiger partial charge on any atom is -0.414 e. The Balaban J connectivity index is 0.000000267. The molecule has 9 rings (SSSR count). The van der Waals surface area contributed by atoms with Gasteiger partial charge in [-0.25, -0.2) is 28.1 Å². The molecule has 6 aromatic rings. The fourth-order valence-corrected chi connectivity index (χ4v) is 16.7. The number of hydrogen-bond donors (Lipinski definition) is 13. The summed E-state index contributed by atoms with van der Waals surface area (Å²) in [6, 6.07) is 16.7. The topological polar surface area (TPSA) is 621 Å². The summed E-state index contributed by atoms with van der Waals surface area (Å²) in [5.41, 5.74) is 3.82. The van der Waals surface area contributed by atoms with Crippen molar-refractivity contribution in [1.29, 1.82) is 0 Å². The van der Waals surface area contributed by atoms with Gasteiger partial charge in [-0.1, -0.05) is 77.1 Å². The number of nitrogens with zero attached hydrogens (tertiary/aromatic N) is 9. The summed E-state index contributed by atoms with van der Waals surface area (Å²) in [7, 11) is -21.1. The Labute approximate surface area is 725 Å². The van der Waals surface area contributed by atoms with Crippen LogP contribution in [0.15, 0.2) is 106 Å². The van der Waals surface area contributed by atoms with Crippen LogP contribution in [0.4, 0.5) is 60.9 Å². The zero-order chi connectivity index (χ0) is 95.6. The van der Waals surface area contributed by atoms with Crippen molar-refractivity contribution in [2.75, 3.05) is 55.4 Å². The molecule has 2 amide bonds. The number of halogens is 6. The highest BCUT2D eigenvalue weighted by Gasteiger charge is 2.49. The van der Waals surface area contributed by atoms with Crippen molar-refractivity contribution in [1.82, 2.24) is 39.3 Å². The molecule has 11 atom stereocenters. The van der Waals surface area contributed by atoms with Gasteiger partial charge in [0, 0.05) is 109 Å². The average molecular weight is 1910 g/mol. The molecule has 55 heteroatoms. The molecule has 0 radical (unpaired) electrons. The van der Waals surface area contributed by atoms with Crippen LogP contribution in [-0.4, -0.2) is 195 Å². The number of nitrogens with one attached hydrogen (secondary N) is 5. The Morgan fingerprint density at radius 1 is 0.547 bits per heavy atom. The van der Waals surface area contributed by atoms with Gasteiger partial charge in [-0.2, -0.15) is 49.9 Å². The van der Waals surface area contributed by atoms with E-state index < -0.39 is 166 Å². The molecule has 0 aliphatic carbocycles. The maximum absolute atomic E-state index is 13.3. The first-order valence-corrected chi connectivity index (χ1v) is 48.4. The molecule has 3 fully saturated rings. The van der Waals surface area contributed by atoms with Crippen LogP contribution in [0, 0.1) is 65.9 Å². The van der Waals surface area contributed by atoms with E-state index in [1.165, 1.54) is 71.6 Å². The predicted molar refractivity (Wildman–Crippen MR) is 444 cm³/mol. The number of nitro groups is 3. The zero-order valence-corrected chi connectivity index (χ0v) is 74.3. The standard InChI is InChI=1S/C33H48F3N5O7Si2.C21H20F3N5O7.C19H24N5O15P3/c1-31(2,3)49(7,8)46-21-26-25(48-50(9,10)32(4,5)6)19-28(47-26)40-17-15-27(39-30(40)43)38-20-23-14-13-22(18-24(23)41(44)45)12-11-16-37-29(42)33(34,35)36;22-21(23,24)19(32)25-6-1-2-12-3-4-13(14(8-12)29(34)35)10-26-17-5-7-28(20(33)27-17)18-9-15(31)16(11-30)36-18;20-6-1-2-12-3-4-13(14(8-12)24(27)28)10-21-17-5-7-23(19(26)22-17)18-9-15(25)16(37-18)11-36-41(32,33)39-42(34,35)38-40(29,30)31/h13-15,17-18,25-26,28H,16,19-21H2,1-10H3,(H,37,42)(H,38,39,43);3-5,7-8,15-16,18,30-31H,6,9-11H2,(H,25,32)(H,26,27,33);3-5,7-8,15-16,18,25H,6,9-11,20H2,(H,32,33)(H,34,35)(H,21,22,26)(H2,29,30,31)/t25-,26-,28-;2*15-,16-,18-/m111/s1. The van der Waals surface area contributed by atoms with Crippen LogP contribution in [0.25, 0.3) is 0 Å². The lowest BCUT2D eigenvalue weighted by Gasteiger charge is -2.40. The Morgan fingerprint density at radius 2 is 0.906 bits per heavy atom. The second-order valence-corrected chi connectivity index (χ2v) is 45.1. The third-order valence-corrected chi connectivity index (χ3v) is 32.7. The summed E-state index contributed by atoms with van der Waals surface area (Å²) in [6.07, 6.45) is -13.3. The van der Waals surface area contributed by atoms with E-state index in [0.717, 1.165) is 15.2 Å². The number of alkyl halides is 6. The number of benzene rings is 3. The van der Waals surface area contributed by atoms with Gasteiger partial charge in [-0.3, -0.25) is 58.2 Å². The normalized spacial score (nSPS) is 19.8. The second kappa shape index (κ2) is 43.8. The number of amides is 2. The van der Waals surface area contributed by atoms with E-state index in [1.54, 1.807) is 29.0 Å². The van der Waals surface area contributed by atoms with Crippen molar-refractivity contribution >= 4 is 86.4 Å². The Hall–Kier alpha value is -10.4. The van der Waals surface area contributed by atoms with Crippen LogP contribution in [0.2, 0.25) is 36.3 Å². The highest BCUT2D eigenvalue weighted by atomic mass is 31.3. The van der Waals surface area contributed by atoms with Gasteiger partial charge in [0.05, 0.1) is 72.5 Å². The molecule has 3 saturated heterocycles. The fraction of sp³-hybridized carbons (Fsp3) is 0.479. The SMILES string of the molecule is CC(C)(C)[Si](C)(C)OC[C@H]1O[C@@H](n2ccc(NCc3ccc(C#CCNC(=O)C(F)(F)F)cc3[N+](=O)[O-])nc2=O)C[C@H]1O[Si](C)(C)C(C)(C)C.NCC#Cc1ccc(CNc2ccn([C@H]3C[C@@H](O)[C@@H](COP(=O)(O)OP(=O)(O)OP(=O)(O)O)O3)c(=O)n2)c([N+](=O)[O-])c1.O=C(NCC#Cc1ccc(CNc2ccn([C@H]3C[C@@H](O)[C@@H](CO)O3)c(=O)n2)c([N+](=O)[O-])c1)C(F)(F)F. The van der Waals surface area contributed by atoms with Gasteiger partial charge in [0.2, 0.25) is 0 Å². The van der Waals surface area contributed by atoms with E-state index in [2.05, 4.69) is 147 Å². The van der Waals surface area contributed by atoms with Crippen molar-refractivity contribution in [3.63, 3.8) is 0 Å². The molecule has 0 bridgehead atoms. The quantitative estimate of drug-likeness (QED) is 0.00539. The first-order valence-electron chi connectivity index (χ1n) is 38.0. The minimum absolute atomic E-state index is 0.00366. The van der Waals surface area contributed by atoms with Crippen LogP contribution in [-0.2, 0) is 79.1 Å². The van der Waals surface area contributed by atoms with E-state index in [4.69, 9.17) is 43.7 Å². The number of hydrogen-bond acceptors (Lipinski definition) is 32. The number of phosphoric ester groups is 1. The number of rotatable bonds is 30. The summed E-state index contributed by atoms with van der Waals surface area (Å²) in [4.78, 5) is 140. The molecule has 3 aliphatic rings. The number of carbonyl (C=O) groups is 2. The molecule has 3 aromatic heterocycles. The fourth-order valence-electron chi connectivity index (χ4n) is 11.3. The third kappa shape index (κ3) is 30.9. The molecular weight excluding hydrogens is 1810 g/mol. The summed E-state index contributed by atoms with van der Waals surface area (Å²) in [5, 5.41) is 75.6. The van der Waals surface area contributed by atoms with E-state index in [-0.39, 0.29) is 124 Å². The maximum Gasteiger partial charge on any atom is 0.490 e. The lowest BCUT2D eigenvalue weighted by atomic mass is 10.1. The van der Waals surface area contributed by atoms with Gasteiger partial charge < -0.3 is 90.3 Å². The Morgan fingerprint density at radius 3 is 1.24 bits per heavy atom. The van der Waals surface area contributed by atoms with Crippen molar-refractivity contribution in [2.24, 2.45) is 5.73 Å². The molecule has 0 saturated carbocycles. The Bertz CT molecular complexity index is 5590. The maximum atomic E-state index is 13.3. The first kappa shape index (κ1) is 105.